The predicted octanol–water partition coefficient (Wildman–Crippen LogP) is 4.11. The van der Waals surface area contributed by atoms with E-state index in [-0.39, 0.29) is 12.5 Å². The molecule has 0 aliphatic heterocycles. The van der Waals surface area contributed by atoms with Crippen LogP contribution in [0.4, 0.5) is 0 Å². The number of nitrogens with one attached hydrogen (secondary N) is 1. The highest BCUT2D eigenvalue weighted by Gasteiger charge is 2.16. The number of hydrogen-bond acceptors (Lipinski definition) is 4. The number of aryl methyl sites for hydroxylation is 1. The fourth-order valence-electron chi connectivity index (χ4n) is 2.49. The second-order valence-corrected chi connectivity index (χ2v) is 7.77. The summed E-state index contributed by atoms with van der Waals surface area (Å²) in [6.45, 7) is 3.95. The summed E-state index contributed by atoms with van der Waals surface area (Å²) in [4.78, 5) is 11.8. The average molecular weight is 401 g/mol. The van der Waals surface area contributed by atoms with E-state index in [0.29, 0.717) is 5.82 Å². The third kappa shape index (κ3) is 5.11. The van der Waals surface area contributed by atoms with Gasteiger partial charge in [0.2, 0.25) is 5.91 Å². The summed E-state index contributed by atoms with van der Waals surface area (Å²) < 4.78 is 1.98. The number of alkyl halides is 1. The second kappa shape index (κ2) is 9.06. The summed E-state index contributed by atoms with van der Waals surface area (Å²) in [6, 6.07) is 18.4. The molecule has 1 heterocycles. The first kappa shape index (κ1) is 19.5. The smallest absolute Gasteiger partial charge is 0.238 e. The fourth-order valence-corrected chi connectivity index (χ4v) is 3.49. The summed E-state index contributed by atoms with van der Waals surface area (Å²) in [5.41, 5.74) is 3.35. The van der Waals surface area contributed by atoms with Crippen LogP contribution in [0.15, 0.2) is 59.8 Å². The molecule has 1 N–H and O–H groups in total. The summed E-state index contributed by atoms with van der Waals surface area (Å²) in [5, 5.41) is 11.6. The van der Waals surface area contributed by atoms with Gasteiger partial charge in [0.1, 0.15) is 5.38 Å². The molecule has 1 aromatic heterocycles. The van der Waals surface area contributed by atoms with Crippen molar-refractivity contribution in [1.82, 2.24) is 20.1 Å². The molecule has 0 aliphatic carbocycles. The van der Waals surface area contributed by atoms with Gasteiger partial charge in [-0.3, -0.25) is 9.36 Å². The first-order chi connectivity index (χ1) is 13.0. The average Bonchev–Trinajstić information content (AvgIpc) is 3.08. The van der Waals surface area contributed by atoms with Gasteiger partial charge in [-0.15, -0.1) is 21.8 Å². The minimum Gasteiger partial charge on any atom is -0.348 e. The van der Waals surface area contributed by atoms with Gasteiger partial charge in [0.15, 0.2) is 11.0 Å². The minimum atomic E-state index is -0.590. The molecule has 3 rings (SSSR count). The summed E-state index contributed by atoms with van der Waals surface area (Å²) in [7, 11) is 0. The number of amides is 1. The number of rotatable bonds is 7. The van der Waals surface area contributed by atoms with Crippen molar-refractivity contribution in [3.05, 3.63) is 71.5 Å². The zero-order valence-electron chi connectivity index (χ0n) is 15.2. The molecule has 0 bridgehead atoms. The number of aromatic nitrogens is 3. The molecule has 0 aliphatic rings. The van der Waals surface area contributed by atoms with Gasteiger partial charge in [-0.05, 0) is 31.5 Å². The van der Waals surface area contributed by atoms with E-state index in [1.165, 1.54) is 11.1 Å². The van der Waals surface area contributed by atoms with Crippen LogP contribution in [0.1, 0.15) is 23.9 Å². The van der Waals surface area contributed by atoms with Crippen molar-refractivity contribution in [2.24, 2.45) is 0 Å². The van der Waals surface area contributed by atoms with Crippen molar-refractivity contribution >= 4 is 29.3 Å². The lowest BCUT2D eigenvalue weighted by atomic mass is 10.2. The molecule has 0 saturated heterocycles. The summed E-state index contributed by atoms with van der Waals surface area (Å²) >= 11 is 7.44. The molecule has 0 saturated carbocycles. The van der Waals surface area contributed by atoms with Gasteiger partial charge >= 0.3 is 0 Å². The minimum absolute atomic E-state index is 0.228. The molecule has 7 heteroatoms. The number of thioether (sulfide) groups is 1. The van der Waals surface area contributed by atoms with Crippen LogP contribution in [0, 0.1) is 6.92 Å². The molecule has 0 fully saturated rings. The van der Waals surface area contributed by atoms with E-state index in [2.05, 4.69) is 27.6 Å². The van der Waals surface area contributed by atoms with E-state index in [1.807, 2.05) is 54.0 Å². The van der Waals surface area contributed by atoms with Crippen LogP contribution in [0.25, 0.3) is 5.69 Å². The van der Waals surface area contributed by atoms with Crippen LogP contribution in [0.5, 0.6) is 0 Å². The molecular weight excluding hydrogens is 380 g/mol. The van der Waals surface area contributed by atoms with Gasteiger partial charge in [0.05, 0.1) is 6.54 Å². The van der Waals surface area contributed by atoms with Gasteiger partial charge in [-0.2, -0.15) is 0 Å². The standard InChI is InChI=1S/C20H21ClN4OS/c1-14-8-10-17(11-9-14)25-18(12-22-19(26)15(2)21)23-24-20(25)27-13-16-6-4-3-5-7-16/h3-11,15H,12-13H2,1-2H3,(H,22,26). The Morgan fingerprint density at radius 3 is 2.52 bits per heavy atom. The molecule has 3 aromatic rings. The third-order valence-electron chi connectivity index (χ3n) is 3.99. The highest BCUT2D eigenvalue weighted by Crippen LogP contribution is 2.25. The van der Waals surface area contributed by atoms with Crippen LogP contribution in [-0.2, 0) is 17.1 Å². The van der Waals surface area contributed by atoms with E-state index in [1.54, 1.807) is 18.7 Å². The monoisotopic (exact) mass is 400 g/mol. The highest BCUT2D eigenvalue weighted by atomic mass is 35.5. The Balaban J connectivity index is 1.85. The van der Waals surface area contributed by atoms with E-state index in [9.17, 15) is 4.79 Å². The van der Waals surface area contributed by atoms with Crippen molar-refractivity contribution < 1.29 is 4.79 Å². The number of benzene rings is 2. The Morgan fingerprint density at radius 2 is 1.85 bits per heavy atom. The lowest BCUT2D eigenvalue weighted by molar-refractivity contribution is -0.120. The van der Waals surface area contributed by atoms with Crippen molar-refractivity contribution in [3.8, 4) is 5.69 Å². The van der Waals surface area contributed by atoms with Crippen molar-refractivity contribution in [2.45, 2.75) is 36.7 Å². The second-order valence-electron chi connectivity index (χ2n) is 6.18. The lowest BCUT2D eigenvalue weighted by Gasteiger charge is -2.12. The largest absolute Gasteiger partial charge is 0.348 e. The van der Waals surface area contributed by atoms with Crippen molar-refractivity contribution in [3.63, 3.8) is 0 Å². The Bertz CT molecular complexity index is 894. The van der Waals surface area contributed by atoms with Crippen LogP contribution in [-0.4, -0.2) is 26.0 Å². The van der Waals surface area contributed by atoms with Crippen LogP contribution in [0.2, 0.25) is 0 Å². The quantitative estimate of drug-likeness (QED) is 0.479. The molecule has 2 aromatic carbocycles. The maximum absolute atomic E-state index is 11.8. The molecule has 1 amide bonds. The van der Waals surface area contributed by atoms with E-state index < -0.39 is 5.38 Å². The molecule has 1 atom stereocenters. The van der Waals surface area contributed by atoms with Crippen molar-refractivity contribution in [1.29, 1.82) is 0 Å². The first-order valence-electron chi connectivity index (χ1n) is 8.64. The Morgan fingerprint density at radius 1 is 1.15 bits per heavy atom. The third-order valence-corrected chi connectivity index (χ3v) is 5.18. The summed E-state index contributed by atoms with van der Waals surface area (Å²) in [5.74, 6) is 1.23. The fraction of sp³-hybridized carbons (Fsp3) is 0.250. The Labute approximate surface area is 168 Å². The maximum Gasteiger partial charge on any atom is 0.238 e. The summed E-state index contributed by atoms with van der Waals surface area (Å²) in [6.07, 6.45) is 0. The van der Waals surface area contributed by atoms with Gasteiger partial charge in [0, 0.05) is 11.4 Å². The Kier molecular flexibility index (Phi) is 6.53. The molecule has 27 heavy (non-hydrogen) atoms. The van der Waals surface area contributed by atoms with E-state index in [4.69, 9.17) is 11.6 Å². The molecule has 140 valence electrons. The number of halogens is 1. The molecule has 1 unspecified atom stereocenters. The zero-order chi connectivity index (χ0) is 19.2. The van der Waals surface area contributed by atoms with Gasteiger partial charge in [-0.25, -0.2) is 0 Å². The zero-order valence-corrected chi connectivity index (χ0v) is 16.8. The highest BCUT2D eigenvalue weighted by molar-refractivity contribution is 7.98. The molecular formula is C20H21ClN4OS. The number of carbonyl (C=O) groups excluding carboxylic acids is 1. The number of carbonyl (C=O) groups is 1. The SMILES string of the molecule is Cc1ccc(-n2c(CNC(=O)C(C)Cl)nnc2SCc2ccccc2)cc1. The Hall–Kier alpha value is -2.31. The van der Waals surface area contributed by atoms with Gasteiger partial charge < -0.3 is 5.32 Å². The lowest BCUT2D eigenvalue weighted by Crippen LogP contribution is -2.30. The number of hydrogen-bond donors (Lipinski definition) is 1. The van der Waals surface area contributed by atoms with E-state index >= 15 is 0 Å². The van der Waals surface area contributed by atoms with E-state index in [0.717, 1.165) is 16.6 Å². The molecule has 5 nitrogen and oxygen atoms in total. The first-order valence-corrected chi connectivity index (χ1v) is 10.1. The van der Waals surface area contributed by atoms with Gasteiger partial charge in [-0.1, -0.05) is 59.8 Å². The molecule has 0 spiro atoms. The van der Waals surface area contributed by atoms with Crippen LogP contribution < -0.4 is 5.32 Å². The molecule has 0 radical (unpaired) electrons. The normalized spacial score (nSPS) is 12.0. The maximum atomic E-state index is 11.8. The van der Waals surface area contributed by atoms with Crippen molar-refractivity contribution in [2.75, 3.05) is 0 Å². The van der Waals surface area contributed by atoms with Gasteiger partial charge in [0.25, 0.3) is 0 Å². The predicted molar refractivity (Wildman–Crippen MR) is 109 cm³/mol. The van der Waals surface area contributed by atoms with Crippen LogP contribution in [0.3, 0.4) is 0 Å². The number of nitrogens with zero attached hydrogens (tertiary/aromatic N) is 3. The van der Waals surface area contributed by atoms with Crippen LogP contribution >= 0.6 is 23.4 Å². The topological polar surface area (TPSA) is 59.8 Å².